The van der Waals surface area contributed by atoms with E-state index in [0.29, 0.717) is 15.6 Å². The van der Waals surface area contributed by atoms with E-state index >= 15 is 0 Å². The minimum absolute atomic E-state index is 0.0125. The van der Waals surface area contributed by atoms with Gasteiger partial charge in [0.1, 0.15) is 5.75 Å². The van der Waals surface area contributed by atoms with E-state index in [9.17, 15) is 14.4 Å². The van der Waals surface area contributed by atoms with E-state index < -0.39 is 17.9 Å². The number of carbonyl (C=O) groups excluding carboxylic acids is 3. The molecule has 0 radical (unpaired) electrons. The predicted molar refractivity (Wildman–Crippen MR) is 94.9 cm³/mol. The molecule has 0 spiro atoms. The van der Waals surface area contributed by atoms with E-state index in [1.807, 2.05) is 0 Å². The third kappa shape index (κ3) is 4.74. The number of benzene rings is 2. The average molecular weight is 397 g/mol. The molecule has 0 aliphatic rings. The van der Waals surface area contributed by atoms with Gasteiger partial charge in [0.25, 0.3) is 0 Å². The maximum atomic E-state index is 12.2. The Balaban J connectivity index is 2.28. The fraction of sp³-hybridized carbons (Fsp3) is 0.167. The molecule has 0 unspecified atom stereocenters. The molecule has 0 aromatic heterocycles. The van der Waals surface area contributed by atoms with Gasteiger partial charge < -0.3 is 14.2 Å². The molecule has 6 nitrogen and oxygen atoms in total. The second-order valence-electron chi connectivity index (χ2n) is 5.08. The van der Waals surface area contributed by atoms with Gasteiger partial charge in [-0.2, -0.15) is 0 Å². The van der Waals surface area contributed by atoms with E-state index in [-0.39, 0.29) is 23.3 Å². The first-order valence-corrected chi connectivity index (χ1v) is 8.06. The van der Waals surface area contributed by atoms with Crippen LogP contribution in [0.2, 0.25) is 10.0 Å². The van der Waals surface area contributed by atoms with Crippen LogP contribution in [0.4, 0.5) is 0 Å². The minimum atomic E-state index is -0.692. The maximum Gasteiger partial charge on any atom is 0.338 e. The van der Waals surface area contributed by atoms with Crippen LogP contribution in [0.3, 0.4) is 0 Å². The molecule has 136 valence electrons. The van der Waals surface area contributed by atoms with Gasteiger partial charge in [0.05, 0.1) is 31.8 Å². The maximum absolute atomic E-state index is 12.2. The first-order valence-electron chi connectivity index (χ1n) is 7.31. The summed E-state index contributed by atoms with van der Waals surface area (Å²) in [7, 11) is 2.39. The van der Waals surface area contributed by atoms with Gasteiger partial charge in [-0.3, -0.25) is 4.79 Å². The van der Waals surface area contributed by atoms with Crippen LogP contribution in [-0.2, 0) is 20.7 Å². The number of carbonyl (C=O) groups is 3. The summed E-state index contributed by atoms with van der Waals surface area (Å²) in [5.41, 5.74) is 0.487. The molecule has 0 aliphatic heterocycles. The van der Waals surface area contributed by atoms with Crippen LogP contribution in [0.15, 0.2) is 36.4 Å². The zero-order valence-electron chi connectivity index (χ0n) is 13.9. The Bertz CT molecular complexity index is 808. The third-order valence-corrected chi connectivity index (χ3v) is 4.07. The molecular formula is C18H14Cl2O6. The van der Waals surface area contributed by atoms with Crippen molar-refractivity contribution in [3.8, 4) is 5.75 Å². The number of ether oxygens (including phenoxy) is 3. The zero-order valence-corrected chi connectivity index (χ0v) is 15.4. The summed E-state index contributed by atoms with van der Waals surface area (Å²) in [6, 6.07) is 8.70. The fourth-order valence-corrected chi connectivity index (χ4v) is 2.67. The molecule has 0 amide bonds. The van der Waals surface area contributed by atoms with Gasteiger partial charge in [-0.05, 0) is 30.3 Å². The average Bonchev–Trinajstić information content (AvgIpc) is 2.63. The van der Waals surface area contributed by atoms with Crippen molar-refractivity contribution in [2.45, 2.75) is 6.42 Å². The number of hydrogen-bond donors (Lipinski definition) is 0. The molecule has 2 aromatic rings. The number of halogens is 2. The van der Waals surface area contributed by atoms with Crippen LogP contribution in [0.5, 0.6) is 5.75 Å². The van der Waals surface area contributed by atoms with Crippen molar-refractivity contribution in [2.75, 3.05) is 14.2 Å². The number of esters is 3. The molecular weight excluding hydrogens is 383 g/mol. The lowest BCUT2D eigenvalue weighted by Crippen LogP contribution is -2.14. The summed E-state index contributed by atoms with van der Waals surface area (Å²) >= 11 is 12.1. The van der Waals surface area contributed by atoms with Crippen molar-refractivity contribution in [2.24, 2.45) is 0 Å². The number of methoxy groups -OCH3 is 2. The van der Waals surface area contributed by atoms with E-state index in [0.717, 1.165) is 0 Å². The van der Waals surface area contributed by atoms with Crippen LogP contribution in [0.25, 0.3) is 0 Å². The summed E-state index contributed by atoms with van der Waals surface area (Å²) in [4.78, 5) is 35.7. The van der Waals surface area contributed by atoms with Crippen molar-refractivity contribution in [1.29, 1.82) is 0 Å². The smallest absolute Gasteiger partial charge is 0.338 e. The second-order valence-corrected chi connectivity index (χ2v) is 5.89. The van der Waals surface area contributed by atoms with Gasteiger partial charge in [0.15, 0.2) is 0 Å². The van der Waals surface area contributed by atoms with Gasteiger partial charge in [-0.15, -0.1) is 0 Å². The Morgan fingerprint density at radius 2 is 1.38 bits per heavy atom. The molecule has 0 atom stereocenters. The van der Waals surface area contributed by atoms with Gasteiger partial charge >= 0.3 is 17.9 Å². The second kappa shape index (κ2) is 8.69. The van der Waals surface area contributed by atoms with Crippen LogP contribution >= 0.6 is 23.2 Å². The number of rotatable bonds is 5. The monoisotopic (exact) mass is 396 g/mol. The van der Waals surface area contributed by atoms with Gasteiger partial charge in [0, 0.05) is 15.6 Å². The lowest BCUT2D eigenvalue weighted by atomic mass is 10.1. The SMILES string of the molecule is COC(=O)c1cc(OC(=O)Cc2c(Cl)cccc2Cl)cc(C(=O)OC)c1. The topological polar surface area (TPSA) is 78.9 Å². The van der Waals surface area contributed by atoms with Crippen LogP contribution in [0.1, 0.15) is 26.3 Å². The highest BCUT2D eigenvalue weighted by atomic mass is 35.5. The van der Waals surface area contributed by atoms with Crippen LogP contribution in [0, 0.1) is 0 Å². The Labute approximate surface area is 159 Å². The molecule has 2 aromatic carbocycles. The van der Waals surface area contributed by atoms with E-state index in [1.165, 1.54) is 32.4 Å². The molecule has 0 bridgehead atoms. The van der Waals surface area contributed by atoms with Crippen molar-refractivity contribution < 1.29 is 28.6 Å². The summed E-state index contributed by atoms with van der Waals surface area (Å²) in [5, 5.41) is 0.654. The molecule has 26 heavy (non-hydrogen) atoms. The molecule has 8 heteroatoms. The summed E-state index contributed by atoms with van der Waals surface area (Å²) in [6.45, 7) is 0. The normalized spacial score (nSPS) is 10.2. The fourth-order valence-electron chi connectivity index (χ4n) is 2.14. The van der Waals surface area contributed by atoms with E-state index in [1.54, 1.807) is 18.2 Å². The van der Waals surface area contributed by atoms with Gasteiger partial charge in [0.2, 0.25) is 0 Å². The first kappa shape index (κ1) is 19.8. The van der Waals surface area contributed by atoms with E-state index in [4.69, 9.17) is 27.9 Å². The molecule has 2 rings (SSSR count). The molecule has 0 saturated carbocycles. The molecule has 0 heterocycles. The molecule has 0 saturated heterocycles. The highest BCUT2D eigenvalue weighted by Gasteiger charge is 2.17. The molecule has 0 N–H and O–H groups in total. The Morgan fingerprint density at radius 3 is 1.85 bits per heavy atom. The van der Waals surface area contributed by atoms with Crippen molar-refractivity contribution in [3.63, 3.8) is 0 Å². The number of hydrogen-bond acceptors (Lipinski definition) is 6. The third-order valence-electron chi connectivity index (χ3n) is 3.36. The Kier molecular flexibility index (Phi) is 6.60. The molecule has 0 aliphatic carbocycles. The predicted octanol–water partition coefficient (Wildman–Crippen LogP) is 3.71. The highest BCUT2D eigenvalue weighted by Crippen LogP contribution is 2.26. The quantitative estimate of drug-likeness (QED) is 0.565. The lowest BCUT2D eigenvalue weighted by molar-refractivity contribution is -0.133. The van der Waals surface area contributed by atoms with E-state index in [2.05, 4.69) is 9.47 Å². The molecule has 0 fully saturated rings. The lowest BCUT2D eigenvalue weighted by Gasteiger charge is -2.10. The van der Waals surface area contributed by atoms with Crippen LogP contribution < -0.4 is 4.74 Å². The van der Waals surface area contributed by atoms with Gasteiger partial charge in [-0.25, -0.2) is 9.59 Å². The first-order chi connectivity index (χ1) is 12.3. The van der Waals surface area contributed by atoms with Crippen molar-refractivity contribution in [3.05, 3.63) is 63.1 Å². The van der Waals surface area contributed by atoms with Crippen LogP contribution in [-0.4, -0.2) is 32.1 Å². The summed E-state index contributed by atoms with van der Waals surface area (Å²) in [6.07, 6.45) is -0.186. The van der Waals surface area contributed by atoms with Gasteiger partial charge in [-0.1, -0.05) is 29.3 Å². The van der Waals surface area contributed by atoms with Crippen molar-refractivity contribution in [1.82, 2.24) is 0 Å². The zero-order chi connectivity index (χ0) is 19.3. The minimum Gasteiger partial charge on any atom is -0.465 e. The summed E-state index contributed by atoms with van der Waals surface area (Å²) in [5.74, 6) is -2.07. The van der Waals surface area contributed by atoms with Crippen molar-refractivity contribution >= 4 is 41.1 Å². The standard InChI is InChI=1S/C18H14Cl2O6/c1-24-17(22)10-6-11(18(23)25-2)8-12(7-10)26-16(21)9-13-14(19)4-3-5-15(13)20/h3-8H,9H2,1-2H3. The Morgan fingerprint density at radius 1 is 0.885 bits per heavy atom. The Hall–Kier alpha value is -2.57. The highest BCUT2D eigenvalue weighted by molar-refractivity contribution is 6.36. The summed E-state index contributed by atoms with van der Waals surface area (Å²) < 4.78 is 14.5. The largest absolute Gasteiger partial charge is 0.465 e.